The second-order valence-corrected chi connectivity index (χ2v) is 5.20. The van der Waals surface area contributed by atoms with Gasteiger partial charge in [-0.15, -0.1) is 0 Å². The Morgan fingerprint density at radius 2 is 2.16 bits per heavy atom. The molecule has 3 N–H and O–H groups in total. The molecule has 1 fully saturated rings. The molecule has 0 amide bonds. The number of rotatable bonds is 2. The van der Waals surface area contributed by atoms with Gasteiger partial charge in [0.1, 0.15) is 0 Å². The number of aryl methyl sites for hydroxylation is 2. The van der Waals surface area contributed by atoms with Gasteiger partial charge in [0.2, 0.25) is 0 Å². The fourth-order valence-corrected chi connectivity index (χ4v) is 2.61. The Morgan fingerprint density at radius 3 is 2.84 bits per heavy atom. The first-order chi connectivity index (χ1) is 9.16. The van der Waals surface area contributed by atoms with Gasteiger partial charge in [0, 0.05) is 12.2 Å². The van der Waals surface area contributed by atoms with Crippen molar-refractivity contribution >= 4 is 5.82 Å². The summed E-state index contributed by atoms with van der Waals surface area (Å²) in [7, 11) is 0. The van der Waals surface area contributed by atoms with E-state index in [0.717, 1.165) is 36.3 Å². The number of nitrogens with one attached hydrogen (secondary N) is 1. The number of hydrogen-bond donors (Lipinski definition) is 2. The smallest absolute Gasteiger partial charge is 0.153 e. The summed E-state index contributed by atoms with van der Waals surface area (Å²) in [6.45, 7) is 5.04. The van der Waals surface area contributed by atoms with E-state index in [1.54, 1.807) is 0 Å². The molecule has 1 aromatic heterocycles. The van der Waals surface area contributed by atoms with Gasteiger partial charge in [-0.1, -0.05) is 18.2 Å². The summed E-state index contributed by atoms with van der Waals surface area (Å²) in [5, 5.41) is 7.21. The third-order valence-corrected chi connectivity index (χ3v) is 3.87. The van der Waals surface area contributed by atoms with E-state index >= 15 is 0 Å². The number of H-pyrrole nitrogens is 1. The summed E-state index contributed by atoms with van der Waals surface area (Å²) in [6.07, 6.45) is 2.22. The van der Waals surface area contributed by atoms with Crippen molar-refractivity contribution in [2.75, 3.05) is 12.3 Å². The normalized spacial score (nSPS) is 18.9. The highest BCUT2D eigenvalue weighted by atomic mass is 16.5. The highest BCUT2D eigenvalue weighted by Crippen LogP contribution is 2.37. The maximum Gasteiger partial charge on any atom is 0.153 e. The van der Waals surface area contributed by atoms with Crippen LogP contribution in [-0.2, 0) is 4.74 Å². The fourth-order valence-electron chi connectivity index (χ4n) is 2.61. The van der Waals surface area contributed by atoms with Crippen molar-refractivity contribution in [1.82, 2.24) is 10.2 Å². The third kappa shape index (κ3) is 2.12. The minimum absolute atomic E-state index is 0.0985. The molecule has 1 aliphatic heterocycles. The minimum atomic E-state index is 0.0985. The molecule has 0 radical (unpaired) electrons. The Hall–Kier alpha value is -1.81. The van der Waals surface area contributed by atoms with E-state index < -0.39 is 0 Å². The van der Waals surface area contributed by atoms with Crippen LogP contribution in [0, 0.1) is 13.8 Å². The van der Waals surface area contributed by atoms with Crippen LogP contribution in [0.4, 0.5) is 5.82 Å². The average molecular weight is 257 g/mol. The molecule has 1 aliphatic rings. The van der Waals surface area contributed by atoms with Gasteiger partial charge >= 0.3 is 0 Å². The van der Waals surface area contributed by atoms with Crippen molar-refractivity contribution in [2.24, 2.45) is 0 Å². The van der Waals surface area contributed by atoms with Crippen molar-refractivity contribution in [3.63, 3.8) is 0 Å². The molecular formula is C15H19N3O. The number of nitrogens with two attached hydrogens (primary N) is 1. The standard InChI is InChI=1S/C15H19N3O/c1-9-5-6-11(8-10(9)2)13-14(17-18-15(13)16)12-4-3-7-19-12/h5-6,8,12H,3-4,7H2,1-2H3,(H3,16,17,18). The van der Waals surface area contributed by atoms with Crippen molar-refractivity contribution < 1.29 is 4.74 Å². The van der Waals surface area contributed by atoms with E-state index in [2.05, 4.69) is 42.2 Å². The predicted molar refractivity (Wildman–Crippen MR) is 75.8 cm³/mol. The zero-order chi connectivity index (χ0) is 13.4. The van der Waals surface area contributed by atoms with Crippen molar-refractivity contribution in [1.29, 1.82) is 0 Å². The van der Waals surface area contributed by atoms with Gasteiger partial charge in [0.05, 0.1) is 11.8 Å². The monoisotopic (exact) mass is 257 g/mol. The molecular weight excluding hydrogens is 238 g/mol. The SMILES string of the molecule is Cc1ccc(-c2c(N)n[nH]c2C2CCCO2)cc1C. The second kappa shape index (κ2) is 4.70. The molecule has 4 nitrogen and oxygen atoms in total. The lowest BCUT2D eigenvalue weighted by molar-refractivity contribution is 0.109. The van der Waals surface area contributed by atoms with Gasteiger partial charge < -0.3 is 10.5 Å². The Bertz CT molecular complexity index is 597. The van der Waals surface area contributed by atoms with Crippen molar-refractivity contribution in [3.05, 3.63) is 35.0 Å². The van der Waals surface area contributed by atoms with E-state index in [4.69, 9.17) is 10.5 Å². The molecule has 0 aliphatic carbocycles. The quantitative estimate of drug-likeness (QED) is 0.868. The zero-order valence-corrected chi connectivity index (χ0v) is 11.4. The van der Waals surface area contributed by atoms with Crippen LogP contribution in [-0.4, -0.2) is 16.8 Å². The lowest BCUT2D eigenvalue weighted by Crippen LogP contribution is -1.99. The van der Waals surface area contributed by atoms with E-state index in [1.807, 2.05) is 0 Å². The topological polar surface area (TPSA) is 63.9 Å². The molecule has 1 unspecified atom stereocenters. The van der Waals surface area contributed by atoms with Crippen LogP contribution in [0.15, 0.2) is 18.2 Å². The molecule has 3 rings (SSSR count). The number of aromatic amines is 1. The molecule has 0 bridgehead atoms. The Labute approximate surface area is 113 Å². The maximum atomic E-state index is 6.03. The number of benzene rings is 1. The van der Waals surface area contributed by atoms with Crippen LogP contribution >= 0.6 is 0 Å². The van der Waals surface area contributed by atoms with Gasteiger partial charge in [0.15, 0.2) is 5.82 Å². The lowest BCUT2D eigenvalue weighted by Gasteiger charge is -2.11. The number of nitrogen functional groups attached to an aromatic ring is 1. The highest BCUT2D eigenvalue weighted by Gasteiger charge is 2.25. The number of nitrogens with zero attached hydrogens (tertiary/aromatic N) is 1. The molecule has 1 aromatic carbocycles. The van der Waals surface area contributed by atoms with Crippen molar-refractivity contribution in [3.8, 4) is 11.1 Å². The van der Waals surface area contributed by atoms with Crippen LogP contribution in [0.5, 0.6) is 0 Å². The highest BCUT2D eigenvalue weighted by molar-refractivity contribution is 5.77. The van der Waals surface area contributed by atoms with Crippen LogP contribution < -0.4 is 5.73 Å². The number of anilines is 1. The van der Waals surface area contributed by atoms with Crippen LogP contribution in [0.1, 0.15) is 35.8 Å². The molecule has 100 valence electrons. The van der Waals surface area contributed by atoms with E-state index in [0.29, 0.717) is 5.82 Å². The molecule has 2 heterocycles. The number of ether oxygens (including phenoxy) is 1. The first kappa shape index (κ1) is 12.2. The first-order valence-electron chi connectivity index (χ1n) is 6.70. The maximum absolute atomic E-state index is 6.03. The van der Waals surface area contributed by atoms with Crippen LogP contribution in [0.25, 0.3) is 11.1 Å². The summed E-state index contributed by atoms with van der Waals surface area (Å²) >= 11 is 0. The minimum Gasteiger partial charge on any atom is -0.382 e. The Kier molecular flexibility index (Phi) is 3.03. The molecule has 1 atom stereocenters. The predicted octanol–water partition coefficient (Wildman–Crippen LogP) is 3.13. The van der Waals surface area contributed by atoms with Gasteiger partial charge in [0.25, 0.3) is 0 Å². The van der Waals surface area contributed by atoms with Gasteiger partial charge in [-0.3, -0.25) is 5.10 Å². The zero-order valence-electron chi connectivity index (χ0n) is 11.4. The molecule has 0 spiro atoms. The van der Waals surface area contributed by atoms with E-state index in [-0.39, 0.29) is 6.10 Å². The van der Waals surface area contributed by atoms with Crippen LogP contribution in [0.3, 0.4) is 0 Å². The van der Waals surface area contributed by atoms with E-state index in [9.17, 15) is 0 Å². The molecule has 4 heteroatoms. The second-order valence-electron chi connectivity index (χ2n) is 5.20. The number of hydrogen-bond acceptors (Lipinski definition) is 3. The molecule has 19 heavy (non-hydrogen) atoms. The summed E-state index contributed by atoms with van der Waals surface area (Å²) in [4.78, 5) is 0. The number of aromatic nitrogens is 2. The fraction of sp³-hybridized carbons (Fsp3) is 0.400. The Morgan fingerprint density at radius 1 is 1.32 bits per heavy atom. The van der Waals surface area contributed by atoms with Gasteiger partial charge in [-0.2, -0.15) is 5.10 Å². The summed E-state index contributed by atoms with van der Waals surface area (Å²) in [5.41, 5.74) is 11.7. The molecule has 0 saturated carbocycles. The summed E-state index contributed by atoms with van der Waals surface area (Å²) in [5.74, 6) is 0.550. The largest absolute Gasteiger partial charge is 0.382 e. The average Bonchev–Trinajstić information content (AvgIpc) is 3.01. The third-order valence-electron chi connectivity index (χ3n) is 3.87. The summed E-state index contributed by atoms with van der Waals surface area (Å²) < 4.78 is 5.74. The van der Waals surface area contributed by atoms with Gasteiger partial charge in [-0.25, -0.2) is 0 Å². The van der Waals surface area contributed by atoms with Gasteiger partial charge in [-0.05, 0) is 43.4 Å². The summed E-state index contributed by atoms with van der Waals surface area (Å²) in [6, 6.07) is 6.38. The van der Waals surface area contributed by atoms with Crippen LogP contribution in [0.2, 0.25) is 0 Å². The lowest BCUT2D eigenvalue weighted by atomic mass is 9.98. The Balaban J connectivity index is 2.08. The molecule has 1 saturated heterocycles. The first-order valence-corrected chi connectivity index (χ1v) is 6.70. The van der Waals surface area contributed by atoms with E-state index in [1.165, 1.54) is 11.1 Å². The van der Waals surface area contributed by atoms with Crippen molar-refractivity contribution in [2.45, 2.75) is 32.8 Å². The molecule has 2 aromatic rings.